The number of aliphatic carboxylic acids is 1. The summed E-state index contributed by atoms with van der Waals surface area (Å²) in [6.07, 6.45) is 1.09. The molecule has 4 N–H and O–H groups in total. The maximum atomic E-state index is 11.8. The Balaban J connectivity index is 1.80. The van der Waals surface area contributed by atoms with Crippen LogP contribution in [0.15, 0.2) is 0 Å². The van der Waals surface area contributed by atoms with Crippen LogP contribution in [0.4, 0.5) is 4.79 Å². The Kier molecular flexibility index (Phi) is 3.89. The number of rotatable bonds is 4. The SMILES string of the molecule is O=C(CNC(=O)N1C[C@H](O)C[C@H]1C(=O)O)NC1CC1. The summed E-state index contributed by atoms with van der Waals surface area (Å²) in [7, 11) is 0. The van der Waals surface area contributed by atoms with Gasteiger partial charge in [0.1, 0.15) is 6.04 Å². The first-order valence-electron chi connectivity index (χ1n) is 6.22. The number of urea groups is 1. The lowest BCUT2D eigenvalue weighted by Gasteiger charge is -2.21. The van der Waals surface area contributed by atoms with E-state index < -0.39 is 24.1 Å². The highest BCUT2D eigenvalue weighted by molar-refractivity contribution is 5.87. The second-order valence-electron chi connectivity index (χ2n) is 4.90. The Hall–Kier alpha value is -1.83. The van der Waals surface area contributed by atoms with E-state index in [2.05, 4.69) is 10.6 Å². The first-order valence-corrected chi connectivity index (χ1v) is 6.22. The Morgan fingerprint density at radius 1 is 1.26 bits per heavy atom. The third-order valence-electron chi connectivity index (χ3n) is 3.17. The molecule has 2 fully saturated rings. The van der Waals surface area contributed by atoms with Crippen molar-refractivity contribution in [3.8, 4) is 0 Å². The number of aliphatic hydroxyl groups is 1. The summed E-state index contributed by atoms with van der Waals surface area (Å²) in [5.41, 5.74) is 0. The molecule has 1 aliphatic carbocycles. The highest BCUT2D eigenvalue weighted by atomic mass is 16.4. The van der Waals surface area contributed by atoms with Gasteiger partial charge in [0.15, 0.2) is 0 Å². The van der Waals surface area contributed by atoms with Gasteiger partial charge in [-0.2, -0.15) is 0 Å². The fourth-order valence-electron chi connectivity index (χ4n) is 2.04. The third kappa shape index (κ3) is 3.57. The fourth-order valence-corrected chi connectivity index (χ4v) is 2.04. The topological polar surface area (TPSA) is 119 Å². The quantitative estimate of drug-likeness (QED) is 0.496. The Labute approximate surface area is 109 Å². The van der Waals surface area contributed by atoms with Gasteiger partial charge in [-0.3, -0.25) is 4.79 Å². The zero-order chi connectivity index (χ0) is 14.0. The number of nitrogens with zero attached hydrogens (tertiary/aromatic N) is 1. The molecule has 0 radical (unpaired) electrons. The minimum absolute atomic E-state index is 0.0109. The van der Waals surface area contributed by atoms with Gasteiger partial charge in [-0.15, -0.1) is 0 Å². The van der Waals surface area contributed by atoms with Crippen LogP contribution < -0.4 is 10.6 Å². The van der Waals surface area contributed by atoms with Crippen LogP contribution in [0.5, 0.6) is 0 Å². The number of nitrogens with one attached hydrogen (secondary N) is 2. The predicted octanol–water partition coefficient (Wildman–Crippen LogP) is -1.51. The van der Waals surface area contributed by atoms with Gasteiger partial charge in [-0.25, -0.2) is 9.59 Å². The average Bonchev–Trinajstić information content (AvgIpc) is 3.05. The molecule has 8 heteroatoms. The number of hydrogen-bond donors (Lipinski definition) is 4. The maximum Gasteiger partial charge on any atom is 0.326 e. The van der Waals surface area contributed by atoms with Gasteiger partial charge in [-0.1, -0.05) is 0 Å². The number of β-amino-alcohol motifs (C(OH)–C–C–N with tert-alkyl or cyclic N) is 1. The second kappa shape index (κ2) is 5.43. The lowest BCUT2D eigenvalue weighted by molar-refractivity contribution is -0.141. The standard InChI is InChI=1S/C11H17N3O5/c15-7-3-8(10(17)18)14(5-7)11(19)12-4-9(16)13-6-1-2-6/h6-8,15H,1-5H2,(H,12,19)(H,13,16)(H,17,18)/t7-,8+/m1/s1. The lowest BCUT2D eigenvalue weighted by atomic mass is 10.2. The Morgan fingerprint density at radius 3 is 2.53 bits per heavy atom. The second-order valence-corrected chi connectivity index (χ2v) is 4.90. The molecule has 0 bridgehead atoms. The van der Waals surface area contributed by atoms with Crippen LogP contribution >= 0.6 is 0 Å². The molecule has 0 aromatic rings. The van der Waals surface area contributed by atoms with E-state index in [-0.39, 0.29) is 31.5 Å². The number of carbonyl (C=O) groups is 3. The number of aliphatic hydroxyl groups excluding tert-OH is 1. The van der Waals surface area contributed by atoms with Gasteiger partial charge in [0, 0.05) is 19.0 Å². The molecule has 0 spiro atoms. The van der Waals surface area contributed by atoms with Crippen molar-refractivity contribution in [2.75, 3.05) is 13.1 Å². The Morgan fingerprint density at radius 2 is 1.95 bits per heavy atom. The first kappa shape index (κ1) is 13.6. The van der Waals surface area contributed by atoms with Gasteiger partial charge in [0.05, 0.1) is 12.6 Å². The van der Waals surface area contributed by atoms with Crippen LogP contribution in [0.25, 0.3) is 0 Å². The van der Waals surface area contributed by atoms with Crippen molar-refractivity contribution in [1.82, 2.24) is 15.5 Å². The van der Waals surface area contributed by atoms with Gasteiger partial charge in [0.2, 0.25) is 5.91 Å². The van der Waals surface area contributed by atoms with E-state index in [9.17, 15) is 19.5 Å². The minimum Gasteiger partial charge on any atom is -0.480 e. The van der Waals surface area contributed by atoms with E-state index in [1.165, 1.54) is 0 Å². The number of carboxylic acid groups (broad SMARTS) is 1. The number of likely N-dealkylation sites (tertiary alicyclic amines) is 1. The zero-order valence-corrected chi connectivity index (χ0v) is 10.3. The summed E-state index contributed by atoms with van der Waals surface area (Å²) in [6, 6.07) is -1.47. The van der Waals surface area contributed by atoms with Crippen molar-refractivity contribution < 1.29 is 24.6 Å². The van der Waals surface area contributed by atoms with E-state index in [0.29, 0.717) is 0 Å². The molecule has 1 aliphatic heterocycles. The van der Waals surface area contributed by atoms with E-state index in [0.717, 1.165) is 17.7 Å². The van der Waals surface area contributed by atoms with Crippen LogP contribution in [0.3, 0.4) is 0 Å². The molecule has 3 amide bonds. The molecular formula is C11H17N3O5. The first-order chi connectivity index (χ1) is 8.97. The molecule has 0 aromatic carbocycles. The molecule has 1 saturated carbocycles. The molecule has 0 aromatic heterocycles. The predicted molar refractivity (Wildman–Crippen MR) is 63.3 cm³/mol. The number of amides is 3. The smallest absolute Gasteiger partial charge is 0.326 e. The highest BCUT2D eigenvalue weighted by Crippen LogP contribution is 2.19. The molecule has 2 aliphatic rings. The van der Waals surface area contributed by atoms with Crippen LogP contribution in [-0.4, -0.2) is 64.3 Å². The summed E-state index contributed by atoms with van der Waals surface area (Å²) in [6.45, 7) is -0.221. The Bertz CT molecular complexity index is 396. The van der Waals surface area contributed by atoms with E-state index in [1.807, 2.05) is 0 Å². The molecule has 106 valence electrons. The number of carbonyl (C=O) groups excluding carboxylic acids is 2. The summed E-state index contributed by atoms with van der Waals surface area (Å²) in [5, 5.41) is 23.4. The summed E-state index contributed by atoms with van der Waals surface area (Å²) < 4.78 is 0. The monoisotopic (exact) mass is 271 g/mol. The number of carboxylic acids is 1. The largest absolute Gasteiger partial charge is 0.480 e. The molecule has 1 saturated heterocycles. The molecular weight excluding hydrogens is 254 g/mol. The van der Waals surface area contributed by atoms with Crippen LogP contribution in [0, 0.1) is 0 Å². The maximum absolute atomic E-state index is 11.8. The summed E-state index contributed by atoms with van der Waals surface area (Å²) >= 11 is 0. The van der Waals surface area contributed by atoms with Gasteiger partial charge in [0.25, 0.3) is 0 Å². The van der Waals surface area contributed by atoms with Crippen molar-refractivity contribution in [3.05, 3.63) is 0 Å². The van der Waals surface area contributed by atoms with Crippen LogP contribution in [0.1, 0.15) is 19.3 Å². The van der Waals surface area contributed by atoms with Gasteiger partial charge < -0.3 is 25.7 Å². The van der Waals surface area contributed by atoms with E-state index >= 15 is 0 Å². The van der Waals surface area contributed by atoms with Crippen molar-refractivity contribution in [2.45, 2.75) is 37.5 Å². The summed E-state index contributed by atoms with van der Waals surface area (Å²) in [4.78, 5) is 35.1. The lowest BCUT2D eigenvalue weighted by Crippen LogP contribution is -2.48. The van der Waals surface area contributed by atoms with Crippen LogP contribution in [0.2, 0.25) is 0 Å². The van der Waals surface area contributed by atoms with E-state index in [1.54, 1.807) is 0 Å². The van der Waals surface area contributed by atoms with E-state index in [4.69, 9.17) is 5.11 Å². The van der Waals surface area contributed by atoms with Gasteiger partial charge >= 0.3 is 12.0 Å². The van der Waals surface area contributed by atoms with Crippen molar-refractivity contribution in [1.29, 1.82) is 0 Å². The molecule has 2 rings (SSSR count). The van der Waals surface area contributed by atoms with Crippen molar-refractivity contribution in [2.24, 2.45) is 0 Å². The highest BCUT2D eigenvalue weighted by Gasteiger charge is 2.39. The molecule has 0 unspecified atom stereocenters. The molecule has 2 atom stereocenters. The van der Waals surface area contributed by atoms with Crippen molar-refractivity contribution >= 4 is 17.9 Å². The molecule has 1 heterocycles. The minimum atomic E-state index is -1.16. The molecule has 8 nitrogen and oxygen atoms in total. The molecule has 19 heavy (non-hydrogen) atoms. The van der Waals surface area contributed by atoms with Crippen molar-refractivity contribution in [3.63, 3.8) is 0 Å². The van der Waals surface area contributed by atoms with Crippen LogP contribution in [-0.2, 0) is 9.59 Å². The summed E-state index contributed by atoms with van der Waals surface area (Å²) in [5.74, 6) is -1.45. The zero-order valence-electron chi connectivity index (χ0n) is 10.3. The average molecular weight is 271 g/mol. The van der Waals surface area contributed by atoms with Gasteiger partial charge in [-0.05, 0) is 12.8 Å². The number of hydrogen-bond acceptors (Lipinski definition) is 4. The third-order valence-corrected chi connectivity index (χ3v) is 3.17. The fraction of sp³-hybridized carbons (Fsp3) is 0.727. The normalized spacial score (nSPS) is 26.1.